The van der Waals surface area contributed by atoms with E-state index in [0.29, 0.717) is 6.42 Å². The lowest BCUT2D eigenvalue weighted by molar-refractivity contribution is -0.200. The number of nitrogens with zero attached hydrogens (tertiary/aromatic N) is 2. The van der Waals surface area contributed by atoms with Crippen LogP contribution in [0.4, 0.5) is 0 Å². The number of likely N-dealkylation sites (tertiary alicyclic amines) is 1. The van der Waals surface area contributed by atoms with E-state index >= 15 is 0 Å². The lowest BCUT2D eigenvalue weighted by atomic mass is 10.0. The number of rotatable bonds is 16. The Kier molecular flexibility index (Phi) is 12.2. The third-order valence-electron chi connectivity index (χ3n) is 7.79. The Labute approximate surface area is 223 Å². The number of hydrogen-bond donors (Lipinski definition) is 1. The molecule has 6 heteroatoms. The summed E-state index contributed by atoms with van der Waals surface area (Å²) < 4.78 is 5.50. The van der Waals surface area contributed by atoms with E-state index in [0.717, 1.165) is 71.2 Å². The van der Waals surface area contributed by atoms with Crippen LogP contribution in [0.2, 0.25) is 0 Å². The molecule has 1 amide bonds. The molecule has 2 heterocycles. The number of benzene rings is 2. The highest BCUT2D eigenvalue weighted by molar-refractivity contribution is 5.85. The Morgan fingerprint density at radius 2 is 1.73 bits per heavy atom. The Balaban J connectivity index is 1.17. The van der Waals surface area contributed by atoms with E-state index in [2.05, 4.69) is 57.7 Å². The van der Waals surface area contributed by atoms with E-state index in [1.54, 1.807) is 0 Å². The molecule has 2 aliphatic rings. The number of carbonyl (C=O) groups excluding carboxylic acids is 1. The molecular weight excluding hydrogens is 462 g/mol. The van der Waals surface area contributed by atoms with Crippen LogP contribution in [0.3, 0.4) is 0 Å². The van der Waals surface area contributed by atoms with Crippen LogP contribution in [-0.2, 0) is 20.8 Å². The van der Waals surface area contributed by atoms with Crippen molar-refractivity contribution in [2.45, 2.75) is 83.3 Å². The molecule has 0 saturated carbocycles. The summed E-state index contributed by atoms with van der Waals surface area (Å²) in [7, 11) is 0. The SMILES string of the molecule is O=C(CCCCCN(CCCCN1CCCC1)CCc1cccc2ccccc12)NOC1CCCCO1. The number of unbranched alkanes of at least 4 members (excludes halogenated alkanes) is 3. The summed E-state index contributed by atoms with van der Waals surface area (Å²) in [4.78, 5) is 22.8. The normalized spacial score (nSPS) is 18.6. The average molecular weight is 510 g/mol. The largest absolute Gasteiger partial charge is 0.350 e. The monoisotopic (exact) mass is 509 g/mol. The number of nitrogens with one attached hydrogen (secondary N) is 1. The molecule has 37 heavy (non-hydrogen) atoms. The molecule has 1 N–H and O–H groups in total. The summed E-state index contributed by atoms with van der Waals surface area (Å²) in [5, 5.41) is 2.71. The molecule has 1 atom stereocenters. The molecule has 2 aliphatic heterocycles. The van der Waals surface area contributed by atoms with Crippen LogP contribution in [0.25, 0.3) is 10.8 Å². The van der Waals surface area contributed by atoms with Crippen LogP contribution in [0.15, 0.2) is 42.5 Å². The quantitative estimate of drug-likeness (QED) is 0.233. The lowest BCUT2D eigenvalue weighted by Gasteiger charge is -2.23. The predicted octanol–water partition coefficient (Wildman–Crippen LogP) is 5.70. The van der Waals surface area contributed by atoms with Gasteiger partial charge in [0.2, 0.25) is 5.91 Å². The minimum atomic E-state index is -0.279. The van der Waals surface area contributed by atoms with E-state index in [1.807, 2.05) is 0 Å². The van der Waals surface area contributed by atoms with Gasteiger partial charge in [-0.3, -0.25) is 4.79 Å². The Bertz CT molecular complexity index is 920. The van der Waals surface area contributed by atoms with Gasteiger partial charge in [-0.1, -0.05) is 48.9 Å². The fraction of sp³-hybridized carbons (Fsp3) is 0.645. The lowest BCUT2D eigenvalue weighted by Crippen LogP contribution is -2.33. The second-order valence-electron chi connectivity index (χ2n) is 10.7. The maximum atomic E-state index is 12.1. The van der Waals surface area contributed by atoms with Crippen molar-refractivity contribution in [3.8, 4) is 0 Å². The molecule has 0 spiro atoms. The van der Waals surface area contributed by atoms with Gasteiger partial charge in [0.25, 0.3) is 0 Å². The molecular formula is C31H47N3O3. The number of hydrogen-bond acceptors (Lipinski definition) is 5. The number of amides is 1. The summed E-state index contributed by atoms with van der Waals surface area (Å²) in [5.41, 5.74) is 4.03. The first-order valence-corrected chi connectivity index (χ1v) is 14.8. The zero-order valence-electron chi connectivity index (χ0n) is 22.7. The van der Waals surface area contributed by atoms with Crippen LogP contribution in [0, 0.1) is 0 Å². The second-order valence-corrected chi connectivity index (χ2v) is 10.7. The predicted molar refractivity (Wildman–Crippen MR) is 150 cm³/mol. The fourth-order valence-corrected chi connectivity index (χ4v) is 5.59. The topological polar surface area (TPSA) is 54.0 Å². The zero-order valence-corrected chi connectivity index (χ0v) is 22.7. The van der Waals surface area contributed by atoms with Crippen LogP contribution in [0.5, 0.6) is 0 Å². The first-order valence-electron chi connectivity index (χ1n) is 14.8. The number of carbonyl (C=O) groups is 1. The first-order chi connectivity index (χ1) is 18.3. The average Bonchev–Trinajstić information content (AvgIpc) is 3.46. The number of ether oxygens (including phenoxy) is 1. The van der Waals surface area contributed by atoms with E-state index in [-0.39, 0.29) is 12.2 Å². The van der Waals surface area contributed by atoms with Crippen LogP contribution in [-0.4, -0.2) is 67.9 Å². The number of fused-ring (bicyclic) bond motifs is 1. The molecule has 0 bridgehead atoms. The maximum absolute atomic E-state index is 12.1. The van der Waals surface area contributed by atoms with Crippen molar-refractivity contribution in [3.05, 3.63) is 48.0 Å². The summed E-state index contributed by atoms with van der Waals surface area (Å²) in [6.45, 7) is 7.90. The van der Waals surface area contributed by atoms with Crippen LogP contribution >= 0.6 is 0 Å². The van der Waals surface area contributed by atoms with E-state index in [1.165, 1.54) is 61.7 Å². The standard InChI is InChI=1S/C31H47N3O3/c35-30(32-37-31-18-5-11-26-36-31)17-2-1-6-20-34(24-10-9-23-33-21-7-8-22-33)25-19-28-15-12-14-27-13-3-4-16-29(27)28/h3-4,12-16,31H,1-2,5-11,17-26H2,(H,32,35). The highest BCUT2D eigenvalue weighted by atomic mass is 16.8. The van der Waals surface area contributed by atoms with Gasteiger partial charge in [0.05, 0.1) is 0 Å². The molecule has 1 unspecified atom stereocenters. The van der Waals surface area contributed by atoms with Crippen molar-refractivity contribution in [2.75, 3.05) is 45.9 Å². The maximum Gasteiger partial charge on any atom is 0.243 e. The molecule has 2 aromatic rings. The van der Waals surface area contributed by atoms with Gasteiger partial charge in [0.15, 0.2) is 6.29 Å². The van der Waals surface area contributed by atoms with Gasteiger partial charge in [0, 0.05) is 26.0 Å². The smallest absolute Gasteiger partial charge is 0.243 e. The van der Waals surface area contributed by atoms with Crippen molar-refractivity contribution >= 4 is 16.7 Å². The van der Waals surface area contributed by atoms with Crippen molar-refractivity contribution in [2.24, 2.45) is 0 Å². The highest BCUT2D eigenvalue weighted by Gasteiger charge is 2.16. The van der Waals surface area contributed by atoms with Crippen molar-refractivity contribution in [1.82, 2.24) is 15.3 Å². The third-order valence-corrected chi connectivity index (χ3v) is 7.79. The molecule has 4 rings (SSSR count). The van der Waals surface area contributed by atoms with Gasteiger partial charge in [-0.15, -0.1) is 0 Å². The Morgan fingerprint density at radius 3 is 2.57 bits per heavy atom. The molecule has 2 fully saturated rings. The summed E-state index contributed by atoms with van der Waals surface area (Å²) in [6, 6.07) is 15.4. The fourth-order valence-electron chi connectivity index (χ4n) is 5.59. The molecule has 2 aromatic carbocycles. The molecule has 0 aromatic heterocycles. The summed E-state index contributed by atoms with van der Waals surface area (Å²) in [6.07, 6.45) is 12.7. The van der Waals surface area contributed by atoms with Gasteiger partial charge in [-0.2, -0.15) is 0 Å². The van der Waals surface area contributed by atoms with E-state index in [4.69, 9.17) is 9.57 Å². The third kappa shape index (κ3) is 10.0. The van der Waals surface area contributed by atoms with Gasteiger partial charge < -0.3 is 14.5 Å². The van der Waals surface area contributed by atoms with E-state index < -0.39 is 0 Å². The van der Waals surface area contributed by atoms with Crippen LogP contribution in [0.1, 0.15) is 76.2 Å². The van der Waals surface area contributed by atoms with Gasteiger partial charge >= 0.3 is 0 Å². The van der Waals surface area contributed by atoms with Crippen molar-refractivity contribution < 1.29 is 14.4 Å². The Morgan fingerprint density at radius 1 is 0.919 bits per heavy atom. The van der Waals surface area contributed by atoms with Crippen molar-refractivity contribution in [3.63, 3.8) is 0 Å². The highest BCUT2D eigenvalue weighted by Crippen LogP contribution is 2.19. The van der Waals surface area contributed by atoms with Gasteiger partial charge in [-0.05, 0) is 107 Å². The second kappa shape index (κ2) is 16.1. The number of hydroxylamine groups is 1. The Hall–Kier alpha value is -1.99. The van der Waals surface area contributed by atoms with Gasteiger partial charge in [-0.25, -0.2) is 10.3 Å². The summed E-state index contributed by atoms with van der Waals surface area (Å²) >= 11 is 0. The van der Waals surface area contributed by atoms with Crippen molar-refractivity contribution in [1.29, 1.82) is 0 Å². The van der Waals surface area contributed by atoms with Gasteiger partial charge in [0.1, 0.15) is 0 Å². The molecule has 0 radical (unpaired) electrons. The molecule has 6 nitrogen and oxygen atoms in total. The van der Waals surface area contributed by atoms with E-state index in [9.17, 15) is 4.79 Å². The summed E-state index contributed by atoms with van der Waals surface area (Å²) in [5.74, 6) is -0.0381. The zero-order chi connectivity index (χ0) is 25.5. The van der Waals surface area contributed by atoms with Crippen LogP contribution < -0.4 is 5.48 Å². The molecule has 0 aliphatic carbocycles. The molecule has 2 saturated heterocycles. The first kappa shape index (κ1) is 28.0. The minimum Gasteiger partial charge on any atom is -0.350 e. The minimum absolute atomic E-state index is 0.0381. The molecule has 204 valence electrons.